The van der Waals surface area contributed by atoms with Crippen LogP contribution in [0.25, 0.3) is 0 Å². The fourth-order valence-corrected chi connectivity index (χ4v) is 3.21. The predicted octanol–water partition coefficient (Wildman–Crippen LogP) is 4.33. The van der Waals surface area contributed by atoms with Crippen molar-refractivity contribution in [3.63, 3.8) is 0 Å². The number of guanidine groups is 1. The Hall–Kier alpha value is -2.09. The lowest BCUT2D eigenvalue weighted by atomic mass is 9.96. The smallest absolute Gasteiger partial charge is 0.356 e. The van der Waals surface area contributed by atoms with Crippen molar-refractivity contribution >= 4 is 17.3 Å². The first-order valence-corrected chi connectivity index (χ1v) is 9.14. The van der Waals surface area contributed by atoms with E-state index in [2.05, 4.69) is 20.6 Å². The average Bonchev–Trinajstić information content (AvgIpc) is 3.02. The molecule has 0 saturated heterocycles. The molecule has 1 aromatic heterocycles. The number of nitrogens with zero attached hydrogens (tertiary/aromatic N) is 2. The van der Waals surface area contributed by atoms with Crippen LogP contribution in [-0.2, 0) is 12.7 Å². The molecule has 0 saturated carbocycles. The van der Waals surface area contributed by atoms with Crippen LogP contribution in [0.4, 0.5) is 13.2 Å². The zero-order valence-corrected chi connectivity index (χ0v) is 15.8. The van der Waals surface area contributed by atoms with Crippen molar-refractivity contribution in [1.29, 1.82) is 0 Å². The Labute approximate surface area is 155 Å². The third kappa shape index (κ3) is 6.01. The fourth-order valence-electron chi connectivity index (χ4n) is 2.47. The van der Waals surface area contributed by atoms with Crippen molar-refractivity contribution in [3.8, 4) is 0 Å². The summed E-state index contributed by atoms with van der Waals surface area (Å²) in [5.41, 5.74) is 0.0804. The Bertz CT molecular complexity index is 740. The van der Waals surface area contributed by atoms with E-state index in [1.807, 2.05) is 20.0 Å². The summed E-state index contributed by atoms with van der Waals surface area (Å²) in [4.78, 5) is 9.47. The maximum atomic E-state index is 12.8. The molecule has 0 aliphatic carbocycles. The average molecular weight is 384 g/mol. The monoisotopic (exact) mass is 384 g/mol. The summed E-state index contributed by atoms with van der Waals surface area (Å²) in [5.74, 6) is 0.666. The molecule has 1 atom stereocenters. The van der Waals surface area contributed by atoms with Crippen molar-refractivity contribution < 1.29 is 13.2 Å². The summed E-state index contributed by atoms with van der Waals surface area (Å²) in [6, 6.07) is 5.52. The van der Waals surface area contributed by atoms with E-state index < -0.39 is 11.7 Å². The number of aryl methyl sites for hydroxylation is 1. The summed E-state index contributed by atoms with van der Waals surface area (Å²) in [7, 11) is 1.68. The molecule has 1 heterocycles. The van der Waals surface area contributed by atoms with Gasteiger partial charge in [0.15, 0.2) is 5.96 Å². The van der Waals surface area contributed by atoms with Crippen molar-refractivity contribution in [2.75, 3.05) is 13.6 Å². The lowest BCUT2D eigenvalue weighted by molar-refractivity contribution is -0.137. The molecule has 0 aliphatic heterocycles. The minimum atomic E-state index is -4.31. The van der Waals surface area contributed by atoms with E-state index in [-0.39, 0.29) is 5.92 Å². The van der Waals surface area contributed by atoms with Gasteiger partial charge >= 0.3 is 6.18 Å². The van der Waals surface area contributed by atoms with Gasteiger partial charge in [0.25, 0.3) is 0 Å². The van der Waals surface area contributed by atoms with Crippen molar-refractivity contribution in [3.05, 3.63) is 51.5 Å². The Morgan fingerprint density at radius 1 is 1.31 bits per heavy atom. The van der Waals surface area contributed by atoms with Gasteiger partial charge in [-0.05, 0) is 30.9 Å². The number of nitrogens with one attached hydrogen (secondary N) is 2. The van der Waals surface area contributed by atoms with Gasteiger partial charge in [-0.15, -0.1) is 11.3 Å². The topological polar surface area (TPSA) is 49.3 Å². The van der Waals surface area contributed by atoms with Crippen molar-refractivity contribution in [2.24, 2.45) is 4.99 Å². The number of hydrogen-bond donors (Lipinski definition) is 2. The van der Waals surface area contributed by atoms with Crippen molar-refractivity contribution in [1.82, 2.24) is 15.6 Å². The predicted molar refractivity (Wildman–Crippen MR) is 99.5 cm³/mol. The molecule has 8 heteroatoms. The molecule has 0 amide bonds. The second-order valence-corrected chi connectivity index (χ2v) is 7.33. The first-order valence-electron chi connectivity index (χ1n) is 8.32. The van der Waals surface area contributed by atoms with Gasteiger partial charge in [-0.3, -0.25) is 4.99 Å². The van der Waals surface area contributed by atoms with Gasteiger partial charge < -0.3 is 10.6 Å². The van der Waals surface area contributed by atoms with Crippen molar-refractivity contribution in [2.45, 2.75) is 38.9 Å². The lowest BCUT2D eigenvalue weighted by Gasteiger charge is -2.16. The summed E-state index contributed by atoms with van der Waals surface area (Å²) < 4.78 is 38.5. The molecular weight excluding hydrogens is 361 g/mol. The number of hydrogen-bond acceptors (Lipinski definition) is 3. The number of alkyl halides is 3. The van der Waals surface area contributed by atoms with Crippen LogP contribution in [0.1, 0.15) is 40.3 Å². The third-order valence-corrected chi connectivity index (χ3v) is 4.89. The molecule has 2 aromatic rings. The Morgan fingerprint density at radius 2 is 2.08 bits per heavy atom. The molecule has 26 heavy (non-hydrogen) atoms. The zero-order valence-electron chi connectivity index (χ0n) is 15.0. The van der Waals surface area contributed by atoms with Gasteiger partial charge in [-0.25, -0.2) is 4.98 Å². The quantitative estimate of drug-likeness (QED) is 0.576. The number of aromatic nitrogens is 1. The fraction of sp³-hybridized carbons (Fsp3) is 0.444. The highest BCUT2D eigenvalue weighted by Gasteiger charge is 2.30. The van der Waals surface area contributed by atoms with Crippen LogP contribution < -0.4 is 10.6 Å². The second kappa shape index (κ2) is 9.02. The maximum absolute atomic E-state index is 12.8. The Balaban J connectivity index is 1.82. The molecule has 0 bridgehead atoms. The van der Waals surface area contributed by atoms with E-state index in [0.29, 0.717) is 31.0 Å². The molecule has 0 spiro atoms. The Morgan fingerprint density at radius 3 is 2.69 bits per heavy atom. The normalized spacial score (nSPS) is 13.5. The van der Waals surface area contributed by atoms with E-state index in [1.54, 1.807) is 24.5 Å². The molecule has 0 radical (unpaired) electrons. The van der Waals surface area contributed by atoms with Crippen LogP contribution in [0.5, 0.6) is 0 Å². The second-order valence-electron chi connectivity index (χ2n) is 6.01. The number of aliphatic imine (C=N–C) groups is 1. The van der Waals surface area contributed by atoms with Crippen LogP contribution in [0.15, 0.2) is 35.5 Å². The molecule has 2 rings (SSSR count). The van der Waals surface area contributed by atoms with Gasteiger partial charge in [0.1, 0.15) is 0 Å². The van der Waals surface area contributed by atoms with Gasteiger partial charge in [-0.2, -0.15) is 13.2 Å². The number of halogens is 3. The summed E-state index contributed by atoms with van der Waals surface area (Å²) >= 11 is 1.62. The van der Waals surface area contributed by atoms with Gasteiger partial charge in [0.2, 0.25) is 0 Å². The van der Waals surface area contributed by atoms with Gasteiger partial charge in [-0.1, -0.05) is 25.1 Å². The lowest BCUT2D eigenvalue weighted by Crippen LogP contribution is -2.37. The zero-order chi connectivity index (χ0) is 19.2. The van der Waals surface area contributed by atoms with Crippen LogP contribution >= 0.6 is 11.3 Å². The molecule has 4 nitrogen and oxygen atoms in total. The van der Waals surface area contributed by atoms with Crippen LogP contribution in [0, 0.1) is 6.92 Å². The van der Waals surface area contributed by atoms with E-state index in [1.165, 1.54) is 12.1 Å². The van der Waals surface area contributed by atoms with Crippen LogP contribution in [-0.4, -0.2) is 24.5 Å². The van der Waals surface area contributed by atoms with E-state index in [0.717, 1.165) is 16.0 Å². The summed E-state index contributed by atoms with van der Waals surface area (Å²) in [5, 5.41) is 7.41. The maximum Gasteiger partial charge on any atom is 0.416 e. The molecule has 142 valence electrons. The Kier molecular flexibility index (Phi) is 7.02. The number of rotatable bonds is 6. The third-order valence-electron chi connectivity index (χ3n) is 3.98. The first kappa shape index (κ1) is 20.2. The number of benzene rings is 1. The number of thiazole rings is 1. The summed E-state index contributed by atoms with van der Waals surface area (Å²) in [6.45, 7) is 5.12. The highest BCUT2D eigenvalue weighted by atomic mass is 32.1. The first-order chi connectivity index (χ1) is 12.3. The van der Waals surface area contributed by atoms with Crippen LogP contribution in [0.2, 0.25) is 0 Å². The standard InChI is InChI=1S/C18H23F3N4S/c1-12(14-5-4-6-15(9-14)18(19,20)21)7-8-23-17(22-3)25-11-16-10-24-13(2)26-16/h4-6,9-10,12H,7-8,11H2,1-3H3,(H2,22,23,25). The highest BCUT2D eigenvalue weighted by Crippen LogP contribution is 2.31. The van der Waals surface area contributed by atoms with Crippen LogP contribution in [0.3, 0.4) is 0 Å². The SMILES string of the molecule is CN=C(NCCC(C)c1cccc(C(F)(F)F)c1)NCc1cnc(C)s1. The summed E-state index contributed by atoms with van der Waals surface area (Å²) in [6.07, 6.45) is -1.79. The largest absolute Gasteiger partial charge is 0.416 e. The molecule has 0 aliphatic rings. The molecular formula is C18H23F3N4S. The molecule has 1 unspecified atom stereocenters. The van der Waals surface area contributed by atoms with E-state index >= 15 is 0 Å². The van der Waals surface area contributed by atoms with E-state index in [9.17, 15) is 13.2 Å². The molecule has 2 N–H and O–H groups in total. The highest BCUT2D eigenvalue weighted by molar-refractivity contribution is 7.11. The minimum Gasteiger partial charge on any atom is -0.356 e. The van der Waals surface area contributed by atoms with Gasteiger partial charge in [0, 0.05) is 24.7 Å². The van der Waals surface area contributed by atoms with E-state index in [4.69, 9.17) is 0 Å². The molecule has 0 fully saturated rings. The molecule has 1 aromatic carbocycles. The van der Waals surface area contributed by atoms with Gasteiger partial charge in [0.05, 0.1) is 17.1 Å². The minimum absolute atomic E-state index is 0.00653.